The molecule has 0 radical (unpaired) electrons. The molecule has 3 heterocycles. The number of thiazole rings is 1. The highest BCUT2D eigenvalue weighted by Gasteiger charge is 2.17. The van der Waals surface area contributed by atoms with Gasteiger partial charge in [0.1, 0.15) is 5.75 Å². The maximum Gasteiger partial charge on any atom is 0.259 e. The summed E-state index contributed by atoms with van der Waals surface area (Å²) in [6.45, 7) is 8.52. The van der Waals surface area contributed by atoms with Crippen LogP contribution in [0.3, 0.4) is 0 Å². The van der Waals surface area contributed by atoms with Crippen molar-refractivity contribution in [1.82, 2.24) is 19.7 Å². The van der Waals surface area contributed by atoms with Crippen molar-refractivity contribution in [3.05, 3.63) is 53.2 Å². The predicted molar refractivity (Wildman–Crippen MR) is 119 cm³/mol. The Hall–Kier alpha value is -3.26. The van der Waals surface area contributed by atoms with Crippen molar-refractivity contribution in [3.8, 4) is 17.0 Å². The monoisotopic (exact) mass is 421 g/mol. The smallest absolute Gasteiger partial charge is 0.259 e. The molecule has 0 atom stereocenters. The lowest BCUT2D eigenvalue weighted by Crippen LogP contribution is -2.14. The molecule has 30 heavy (non-hydrogen) atoms. The molecule has 3 aromatic heterocycles. The van der Waals surface area contributed by atoms with E-state index in [0.29, 0.717) is 23.0 Å². The number of ether oxygens (including phenoxy) is 1. The Bertz CT molecular complexity index is 1190. The third kappa shape index (κ3) is 3.91. The van der Waals surface area contributed by atoms with Crippen LogP contribution in [0.5, 0.6) is 5.75 Å². The molecule has 0 bridgehead atoms. The predicted octanol–water partition coefficient (Wildman–Crippen LogP) is 5.10. The molecule has 7 nitrogen and oxygen atoms in total. The summed E-state index contributed by atoms with van der Waals surface area (Å²) < 4.78 is 7.33. The molecule has 0 aliphatic heterocycles. The first-order chi connectivity index (χ1) is 14.5. The zero-order valence-electron chi connectivity index (χ0n) is 17.3. The van der Waals surface area contributed by atoms with Gasteiger partial charge in [0.15, 0.2) is 10.8 Å². The SMILES string of the molecule is CCOc1ccc(-c2csc(NC(=O)c3cc4cnn(C(C)C)c4nc3C)n2)cc1. The number of carbonyl (C=O) groups excluding carboxylic acids is 1. The molecule has 8 heteroatoms. The minimum absolute atomic E-state index is 0.199. The van der Waals surface area contributed by atoms with Gasteiger partial charge in [-0.1, -0.05) is 0 Å². The standard InChI is InChI=1S/C22H23N5O2S/c1-5-29-17-8-6-15(7-9-17)19-12-30-22(25-19)26-21(28)18-10-16-11-23-27(13(2)3)20(16)24-14(18)4/h6-13H,5H2,1-4H3,(H,25,26,28). The molecule has 1 amide bonds. The second kappa shape index (κ2) is 8.23. The summed E-state index contributed by atoms with van der Waals surface area (Å²) in [6.07, 6.45) is 1.74. The van der Waals surface area contributed by atoms with Gasteiger partial charge in [-0.2, -0.15) is 5.10 Å². The van der Waals surface area contributed by atoms with Crippen LogP contribution in [0.4, 0.5) is 5.13 Å². The molecule has 0 spiro atoms. The number of hydrogen-bond acceptors (Lipinski definition) is 6. The van der Waals surface area contributed by atoms with E-state index in [4.69, 9.17) is 4.74 Å². The molecule has 0 saturated heterocycles. The molecule has 0 unspecified atom stereocenters. The number of nitrogens with one attached hydrogen (secondary N) is 1. The van der Waals surface area contributed by atoms with Crippen LogP contribution in [0, 0.1) is 6.92 Å². The van der Waals surface area contributed by atoms with Gasteiger partial charge in [0.2, 0.25) is 0 Å². The van der Waals surface area contributed by atoms with E-state index in [0.717, 1.165) is 28.0 Å². The minimum atomic E-state index is -0.230. The van der Waals surface area contributed by atoms with Crippen LogP contribution in [-0.4, -0.2) is 32.3 Å². The molecule has 0 fully saturated rings. The van der Waals surface area contributed by atoms with Gasteiger partial charge in [0.25, 0.3) is 5.91 Å². The first-order valence-corrected chi connectivity index (χ1v) is 10.7. The maximum atomic E-state index is 12.9. The van der Waals surface area contributed by atoms with Crippen molar-refractivity contribution in [2.45, 2.75) is 33.7 Å². The molecular formula is C22H23N5O2S. The molecule has 0 aliphatic rings. The zero-order chi connectivity index (χ0) is 21.3. The minimum Gasteiger partial charge on any atom is -0.494 e. The third-order valence-corrected chi connectivity index (χ3v) is 5.44. The summed E-state index contributed by atoms with van der Waals surface area (Å²) in [6, 6.07) is 9.78. The largest absolute Gasteiger partial charge is 0.494 e. The van der Waals surface area contributed by atoms with E-state index in [2.05, 4.69) is 34.2 Å². The Balaban J connectivity index is 1.54. The Kier molecular flexibility index (Phi) is 5.50. The van der Waals surface area contributed by atoms with Crippen LogP contribution < -0.4 is 10.1 Å². The van der Waals surface area contributed by atoms with Crippen molar-refractivity contribution in [1.29, 1.82) is 0 Å². The van der Waals surface area contributed by atoms with Gasteiger partial charge in [-0.3, -0.25) is 10.1 Å². The van der Waals surface area contributed by atoms with Crippen LogP contribution in [-0.2, 0) is 0 Å². The Labute approximate surface area is 178 Å². The summed E-state index contributed by atoms with van der Waals surface area (Å²) in [5, 5.41) is 10.6. The fraction of sp³-hybridized carbons (Fsp3) is 0.273. The van der Waals surface area contributed by atoms with Crippen LogP contribution in [0.1, 0.15) is 42.9 Å². The van der Waals surface area contributed by atoms with E-state index in [9.17, 15) is 4.79 Å². The Morgan fingerprint density at radius 1 is 1.23 bits per heavy atom. The maximum absolute atomic E-state index is 12.9. The normalized spacial score (nSPS) is 11.2. The number of nitrogens with zero attached hydrogens (tertiary/aromatic N) is 4. The molecular weight excluding hydrogens is 398 g/mol. The number of benzene rings is 1. The van der Waals surface area contributed by atoms with Gasteiger partial charge in [-0.15, -0.1) is 11.3 Å². The third-order valence-electron chi connectivity index (χ3n) is 4.68. The number of hydrogen-bond donors (Lipinski definition) is 1. The number of aromatic nitrogens is 4. The van der Waals surface area contributed by atoms with Gasteiger partial charge in [0.05, 0.1) is 29.8 Å². The second-order valence-electron chi connectivity index (χ2n) is 7.17. The number of aryl methyl sites for hydroxylation is 1. The lowest BCUT2D eigenvalue weighted by molar-refractivity contribution is 0.102. The second-order valence-corrected chi connectivity index (χ2v) is 8.02. The van der Waals surface area contributed by atoms with E-state index >= 15 is 0 Å². The van der Waals surface area contributed by atoms with Crippen LogP contribution in [0.25, 0.3) is 22.3 Å². The Morgan fingerprint density at radius 2 is 2.00 bits per heavy atom. The lowest BCUT2D eigenvalue weighted by atomic mass is 10.1. The molecule has 4 aromatic rings. The van der Waals surface area contributed by atoms with E-state index in [-0.39, 0.29) is 11.9 Å². The Morgan fingerprint density at radius 3 is 2.70 bits per heavy atom. The van der Waals surface area contributed by atoms with E-state index in [1.54, 1.807) is 6.20 Å². The van der Waals surface area contributed by atoms with Crippen LogP contribution in [0.2, 0.25) is 0 Å². The van der Waals surface area contributed by atoms with Crippen molar-refractivity contribution in [2.75, 3.05) is 11.9 Å². The van der Waals surface area contributed by atoms with Gasteiger partial charge < -0.3 is 4.74 Å². The molecule has 4 rings (SSSR count). The van der Waals surface area contributed by atoms with E-state index in [1.807, 2.05) is 54.2 Å². The molecule has 0 aliphatic carbocycles. The number of carbonyl (C=O) groups is 1. The lowest BCUT2D eigenvalue weighted by Gasteiger charge is -2.09. The van der Waals surface area contributed by atoms with E-state index < -0.39 is 0 Å². The van der Waals surface area contributed by atoms with Gasteiger partial charge in [0, 0.05) is 22.4 Å². The fourth-order valence-corrected chi connectivity index (χ4v) is 3.90. The number of rotatable bonds is 6. The summed E-state index contributed by atoms with van der Waals surface area (Å²) in [5.41, 5.74) is 3.73. The average molecular weight is 422 g/mol. The highest BCUT2D eigenvalue weighted by molar-refractivity contribution is 7.14. The number of pyridine rings is 1. The first-order valence-electron chi connectivity index (χ1n) is 9.81. The van der Waals surface area contributed by atoms with E-state index in [1.165, 1.54) is 11.3 Å². The summed E-state index contributed by atoms with van der Waals surface area (Å²) in [4.78, 5) is 22.0. The summed E-state index contributed by atoms with van der Waals surface area (Å²) in [7, 11) is 0. The highest BCUT2D eigenvalue weighted by Crippen LogP contribution is 2.27. The zero-order valence-corrected chi connectivity index (χ0v) is 18.2. The van der Waals surface area contributed by atoms with Gasteiger partial charge >= 0.3 is 0 Å². The first kappa shape index (κ1) is 20.0. The number of amides is 1. The molecule has 154 valence electrons. The average Bonchev–Trinajstić information content (AvgIpc) is 3.35. The summed E-state index contributed by atoms with van der Waals surface area (Å²) in [5.74, 6) is 0.593. The highest BCUT2D eigenvalue weighted by atomic mass is 32.1. The topological polar surface area (TPSA) is 81.9 Å². The van der Waals surface area contributed by atoms with Gasteiger partial charge in [-0.25, -0.2) is 14.6 Å². The summed E-state index contributed by atoms with van der Waals surface area (Å²) >= 11 is 1.39. The molecule has 1 N–H and O–H groups in total. The van der Waals surface area contributed by atoms with Gasteiger partial charge in [-0.05, 0) is 58.0 Å². The van der Waals surface area contributed by atoms with Crippen molar-refractivity contribution in [2.24, 2.45) is 0 Å². The van der Waals surface area contributed by atoms with Crippen LogP contribution >= 0.6 is 11.3 Å². The molecule has 0 saturated carbocycles. The van der Waals surface area contributed by atoms with Crippen molar-refractivity contribution < 1.29 is 9.53 Å². The van der Waals surface area contributed by atoms with Crippen molar-refractivity contribution in [3.63, 3.8) is 0 Å². The number of anilines is 1. The van der Waals surface area contributed by atoms with Crippen molar-refractivity contribution >= 4 is 33.4 Å². The van der Waals surface area contributed by atoms with Crippen LogP contribution in [0.15, 0.2) is 41.9 Å². The number of fused-ring (bicyclic) bond motifs is 1. The molecule has 1 aromatic carbocycles. The quantitative estimate of drug-likeness (QED) is 0.469. The fourth-order valence-electron chi connectivity index (χ4n) is 3.19.